The van der Waals surface area contributed by atoms with Gasteiger partial charge in [0.2, 0.25) is 0 Å². The zero-order valence-electron chi connectivity index (χ0n) is 17.3. The van der Waals surface area contributed by atoms with Crippen molar-refractivity contribution in [3.05, 3.63) is 83.9 Å². The van der Waals surface area contributed by atoms with E-state index in [0.717, 1.165) is 17.0 Å². The number of ether oxygens (including phenoxy) is 1. The van der Waals surface area contributed by atoms with Crippen LogP contribution in [0.1, 0.15) is 16.1 Å². The molecule has 1 fully saturated rings. The Morgan fingerprint density at radius 2 is 1.65 bits per heavy atom. The van der Waals surface area contributed by atoms with Crippen molar-refractivity contribution in [2.24, 2.45) is 0 Å². The fourth-order valence-electron chi connectivity index (χ4n) is 3.84. The van der Waals surface area contributed by atoms with E-state index in [1.807, 2.05) is 24.3 Å². The lowest BCUT2D eigenvalue weighted by atomic mass is 10.2. The Labute approximate surface area is 180 Å². The number of aromatic nitrogens is 1. The average Bonchev–Trinajstić information content (AvgIpc) is 3.27. The summed E-state index contributed by atoms with van der Waals surface area (Å²) >= 11 is 0. The number of carbonyl (C=O) groups excluding carboxylic acids is 2. The molecule has 1 amide bonds. The van der Waals surface area contributed by atoms with Gasteiger partial charge < -0.3 is 19.1 Å². The van der Waals surface area contributed by atoms with Crippen LogP contribution in [0.3, 0.4) is 0 Å². The van der Waals surface area contributed by atoms with E-state index in [-0.39, 0.29) is 5.82 Å². The number of halogens is 1. The lowest BCUT2D eigenvalue weighted by Crippen LogP contribution is -2.51. The van der Waals surface area contributed by atoms with Crippen molar-refractivity contribution in [2.45, 2.75) is 6.54 Å². The van der Waals surface area contributed by atoms with Crippen molar-refractivity contribution in [1.29, 1.82) is 0 Å². The quantitative estimate of drug-likeness (QED) is 0.453. The van der Waals surface area contributed by atoms with Crippen molar-refractivity contribution in [3.8, 4) is 5.75 Å². The molecule has 2 heterocycles. The van der Waals surface area contributed by atoms with Crippen molar-refractivity contribution >= 4 is 17.4 Å². The zero-order valence-corrected chi connectivity index (χ0v) is 17.3. The summed E-state index contributed by atoms with van der Waals surface area (Å²) in [6.45, 7) is 2.55. The number of amides is 1. The molecule has 6 nitrogen and oxygen atoms in total. The molecule has 0 radical (unpaired) electrons. The van der Waals surface area contributed by atoms with Crippen LogP contribution < -0.4 is 9.64 Å². The minimum Gasteiger partial charge on any atom is -0.495 e. The fraction of sp³-hybridized carbons (Fsp3) is 0.250. The summed E-state index contributed by atoms with van der Waals surface area (Å²) in [5.74, 6) is -0.552. The van der Waals surface area contributed by atoms with Gasteiger partial charge in [0.15, 0.2) is 0 Å². The van der Waals surface area contributed by atoms with Gasteiger partial charge in [-0.3, -0.25) is 9.59 Å². The number of ketones is 1. The molecule has 31 heavy (non-hydrogen) atoms. The predicted molar refractivity (Wildman–Crippen MR) is 116 cm³/mol. The van der Waals surface area contributed by atoms with Crippen LogP contribution in [0.25, 0.3) is 0 Å². The number of hydrogen-bond donors (Lipinski definition) is 0. The topological polar surface area (TPSA) is 54.8 Å². The molecule has 1 aromatic heterocycles. The van der Waals surface area contributed by atoms with Crippen molar-refractivity contribution in [1.82, 2.24) is 9.47 Å². The SMILES string of the molecule is COc1ccccc1N1CCN(C(=O)C(=O)c2cccn2Cc2ccc(F)cc2)CC1. The van der Waals surface area contributed by atoms with E-state index in [0.29, 0.717) is 38.4 Å². The maximum Gasteiger partial charge on any atom is 0.296 e. The van der Waals surface area contributed by atoms with Crippen LogP contribution in [-0.4, -0.2) is 54.4 Å². The fourth-order valence-corrected chi connectivity index (χ4v) is 3.84. The van der Waals surface area contributed by atoms with Gasteiger partial charge in [0, 0.05) is 38.9 Å². The normalized spacial score (nSPS) is 13.9. The Hall–Kier alpha value is -3.61. The summed E-state index contributed by atoms with van der Waals surface area (Å²) in [6, 6.07) is 17.3. The van der Waals surface area contributed by atoms with E-state index in [2.05, 4.69) is 4.90 Å². The van der Waals surface area contributed by atoms with Crippen molar-refractivity contribution in [2.75, 3.05) is 38.2 Å². The van der Waals surface area contributed by atoms with E-state index in [4.69, 9.17) is 4.74 Å². The van der Waals surface area contributed by atoms with Crippen LogP contribution in [0.4, 0.5) is 10.1 Å². The molecule has 1 aliphatic heterocycles. The molecule has 0 N–H and O–H groups in total. The lowest BCUT2D eigenvalue weighted by Gasteiger charge is -2.36. The number of nitrogens with zero attached hydrogens (tertiary/aromatic N) is 3. The third-order valence-corrected chi connectivity index (χ3v) is 5.52. The second-order valence-electron chi connectivity index (χ2n) is 7.43. The van der Waals surface area contributed by atoms with Crippen LogP contribution in [0.5, 0.6) is 5.75 Å². The highest BCUT2D eigenvalue weighted by Gasteiger charge is 2.29. The number of benzene rings is 2. The maximum atomic E-state index is 13.1. The Morgan fingerprint density at radius 1 is 0.935 bits per heavy atom. The van der Waals surface area contributed by atoms with Gasteiger partial charge in [-0.15, -0.1) is 0 Å². The molecule has 160 valence electrons. The number of piperazine rings is 1. The maximum absolute atomic E-state index is 13.1. The highest BCUT2D eigenvalue weighted by atomic mass is 19.1. The number of para-hydroxylation sites is 2. The first kappa shape index (κ1) is 20.7. The molecule has 0 aliphatic carbocycles. The summed E-state index contributed by atoms with van der Waals surface area (Å²) < 4.78 is 20.3. The average molecular weight is 421 g/mol. The molecule has 0 bridgehead atoms. The first-order valence-electron chi connectivity index (χ1n) is 10.2. The summed E-state index contributed by atoms with van der Waals surface area (Å²) in [7, 11) is 1.64. The Morgan fingerprint density at radius 3 is 2.35 bits per heavy atom. The third-order valence-electron chi connectivity index (χ3n) is 5.52. The van der Waals surface area contributed by atoms with E-state index in [9.17, 15) is 14.0 Å². The van der Waals surface area contributed by atoms with E-state index in [1.54, 1.807) is 47.0 Å². The molecule has 0 spiro atoms. The van der Waals surface area contributed by atoms with Crippen molar-refractivity contribution in [3.63, 3.8) is 0 Å². The summed E-state index contributed by atoms with van der Waals surface area (Å²) in [4.78, 5) is 29.6. The highest BCUT2D eigenvalue weighted by molar-refractivity contribution is 6.42. The van der Waals surface area contributed by atoms with Crippen LogP contribution in [0, 0.1) is 5.82 Å². The first-order chi connectivity index (χ1) is 15.1. The molecule has 0 atom stereocenters. The molecule has 3 aromatic rings. The van der Waals surface area contributed by atoms with Crippen LogP contribution >= 0.6 is 0 Å². The van der Waals surface area contributed by atoms with Gasteiger partial charge in [0.1, 0.15) is 11.6 Å². The molecule has 0 saturated carbocycles. The minimum atomic E-state index is -0.530. The Bertz CT molecular complexity index is 1070. The van der Waals surface area contributed by atoms with Gasteiger partial charge >= 0.3 is 0 Å². The van der Waals surface area contributed by atoms with Crippen molar-refractivity contribution < 1.29 is 18.7 Å². The van der Waals surface area contributed by atoms with E-state index < -0.39 is 11.7 Å². The monoisotopic (exact) mass is 421 g/mol. The number of anilines is 1. The number of methoxy groups -OCH3 is 1. The molecular weight excluding hydrogens is 397 g/mol. The summed E-state index contributed by atoms with van der Waals surface area (Å²) in [5, 5.41) is 0. The minimum absolute atomic E-state index is 0.310. The first-order valence-corrected chi connectivity index (χ1v) is 10.2. The molecule has 7 heteroatoms. The predicted octanol–water partition coefficient (Wildman–Crippen LogP) is 3.22. The number of carbonyl (C=O) groups is 2. The van der Waals surface area contributed by atoms with E-state index in [1.165, 1.54) is 12.1 Å². The Balaban J connectivity index is 1.41. The third kappa shape index (κ3) is 4.45. The molecule has 1 aliphatic rings. The van der Waals surface area contributed by atoms with Gasteiger partial charge in [0.05, 0.1) is 18.5 Å². The summed E-state index contributed by atoms with van der Waals surface area (Å²) in [5.41, 5.74) is 2.17. The second-order valence-corrected chi connectivity index (χ2v) is 7.43. The number of rotatable bonds is 6. The largest absolute Gasteiger partial charge is 0.495 e. The second kappa shape index (κ2) is 9.04. The molecule has 0 unspecified atom stereocenters. The smallest absolute Gasteiger partial charge is 0.296 e. The van der Waals surface area contributed by atoms with Crippen LogP contribution in [-0.2, 0) is 11.3 Å². The van der Waals surface area contributed by atoms with Gasteiger partial charge in [-0.05, 0) is 42.0 Å². The molecule has 2 aromatic carbocycles. The van der Waals surface area contributed by atoms with Crippen LogP contribution in [0.15, 0.2) is 66.9 Å². The Kier molecular flexibility index (Phi) is 6.02. The molecule has 4 rings (SSSR count). The lowest BCUT2D eigenvalue weighted by molar-refractivity contribution is -0.126. The van der Waals surface area contributed by atoms with Gasteiger partial charge in [-0.1, -0.05) is 24.3 Å². The molecule has 1 saturated heterocycles. The highest BCUT2D eigenvalue weighted by Crippen LogP contribution is 2.28. The summed E-state index contributed by atoms with van der Waals surface area (Å²) in [6.07, 6.45) is 1.75. The van der Waals surface area contributed by atoms with Gasteiger partial charge in [0.25, 0.3) is 11.7 Å². The molecular formula is C24H24FN3O3. The van der Waals surface area contributed by atoms with E-state index >= 15 is 0 Å². The van der Waals surface area contributed by atoms with Gasteiger partial charge in [-0.2, -0.15) is 0 Å². The van der Waals surface area contributed by atoms with Crippen LogP contribution in [0.2, 0.25) is 0 Å². The number of hydrogen-bond acceptors (Lipinski definition) is 4. The zero-order chi connectivity index (χ0) is 21.8. The van der Waals surface area contributed by atoms with Gasteiger partial charge in [-0.25, -0.2) is 4.39 Å². The standard InChI is InChI=1S/C24H24FN3O3/c1-31-22-7-3-2-5-20(22)26-13-15-27(16-14-26)24(30)23(29)21-6-4-12-28(21)17-18-8-10-19(25)11-9-18/h2-12H,13-17H2,1H3. The number of Topliss-reactive ketones (excluding diaryl/α,β-unsaturated/α-hetero) is 1.